The van der Waals surface area contributed by atoms with Gasteiger partial charge in [-0.3, -0.25) is 4.98 Å². The Morgan fingerprint density at radius 2 is 2.06 bits per heavy atom. The summed E-state index contributed by atoms with van der Waals surface area (Å²) in [5, 5.41) is 11.4. The predicted molar refractivity (Wildman–Crippen MR) is 64.5 cm³/mol. The lowest BCUT2D eigenvalue weighted by molar-refractivity contribution is 0.476. The third kappa shape index (κ3) is 1.53. The van der Waals surface area contributed by atoms with Crippen LogP contribution >= 0.6 is 11.3 Å². The van der Waals surface area contributed by atoms with Gasteiger partial charge in [0.25, 0.3) is 0 Å². The molecule has 0 bridgehead atoms. The van der Waals surface area contributed by atoms with Gasteiger partial charge in [-0.25, -0.2) is 4.98 Å². The summed E-state index contributed by atoms with van der Waals surface area (Å²) in [7, 11) is 0. The lowest BCUT2D eigenvalue weighted by Crippen LogP contribution is -1.86. The first kappa shape index (κ1) is 9.30. The predicted octanol–water partition coefficient (Wildman–Crippen LogP) is 3.06. The van der Waals surface area contributed by atoms with Crippen LogP contribution in [0.2, 0.25) is 0 Å². The number of phenols is 1. The Kier molecular flexibility index (Phi) is 2.08. The van der Waals surface area contributed by atoms with Crippen LogP contribution in [0.1, 0.15) is 0 Å². The zero-order valence-corrected chi connectivity index (χ0v) is 9.11. The van der Waals surface area contributed by atoms with E-state index in [1.807, 2.05) is 17.5 Å². The standard InChI is InChI=1S/C12H8N2OS/c15-8-3-4-9-10(6-8)14-11(7-13-9)12-2-1-5-16-12/h1-7,15H. The van der Waals surface area contributed by atoms with Crippen molar-refractivity contribution in [3.05, 3.63) is 41.9 Å². The minimum absolute atomic E-state index is 0.213. The van der Waals surface area contributed by atoms with E-state index in [1.165, 1.54) is 0 Å². The minimum Gasteiger partial charge on any atom is -0.508 e. The van der Waals surface area contributed by atoms with Gasteiger partial charge < -0.3 is 5.11 Å². The molecule has 1 N–H and O–H groups in total. The van der Waals surface area contributed by atoms with Crippen molar-refractivity contribution in [1.82, 2.24) is 9.97 Å². The quantitative estimate of drug-likeness (QED) is 0.696. The fourth-order valence-electron chi connectivity index (χ4n) is 1.54. The number of nitrogens with zero attached hydrogens (tertiary/aromatic N) is 2. The highest BCUT2D eigenvalue weighted by Gasteiger charge is 2.03. The third-order valence-electron chi connectivity index (χ3n) is 2.30. The van der Waals surface area contributed by atoms with E-state index in [4.69, 9.17) is 0 Å². The molecule has 3 rings (SSSR count). The molecule has 4 heteroatoms. The second-order valence-corrected chi connectivity index (χ2v) is 4.35. The van der Waals surface area contributed by atoms with Crippen LogP contribution in [0, 0.1) is 0 Å². The van der Waals surface area contributed by atoms with Crippen molar-refractivity contribution in [3.8, 4) is 16.3 Å². The number of aromatic hydroxyl groups is 1. The summed E-state index contributed by atoms with van der Waals surface area (Å²) in [5.41, 5.74) is 2.34. The average molecular weight is 228 g/mol. The molecule has 0 amide bonds. The number of aromatic nitrogens is 2. The van der Waals surface area contributed by atoms with Crippen LogP contribution in [0.5, 0.6) is 5.75 Å². The Morgan fingerprint density at radius 1 is 1.12 bits per heavy atom. The summed E-state index contributed by atoms with van der Waals surface area (Å²) in [6, 6.07) is 8.98. The van der Waals surface area contributed by atoms with Crippen molar-refractivity contribution < 1.29 is 5.11 Å². The highest BCUT2D eigenvalue weighted by atomic mass is 32.1. The fourth-order valence-corrected chi connectivity index (χ4v) is 2.22. The summed E-state index contributed by atoms with van der Waals surface area (Å²) in [6.07, 6.45) is 1.76. The molecule has 0 atom stereocenters. The molecule has 78 valence electrons. The highest BCUT2D eigenvalue weighted by Crippen LogP contribution is 2.24. The molecule has 2 aromatic heterocycles. The van der Waals surface area contributed by atoms with Crippen molar-refractivity contribution in [2.45, 2.75) is 0 Å². The number of benzene rings is 1. The van der Waals surface area contributed by atoms with Gasteiger partial charge in [0.1, 0.15) is 5.75 Å². The number of rotatable bonds is 1. The van der Waals surface area contributed by atoms with Gasteiger partial charge in [-0.2, -0.15) is 0 Å². The minimum atomic E-state index is 0.213. The first-order valence-electron chi connectivity index (χ1n) is 4.82. The zero-order chi connectivity index (χ0) is 11.0. The van der Waals surface area contributed by atoms with Crippen LogP contribution in [-0.2, 0) is 0 Å². The normalized spacial score (nSPS) is 10.8. The molecular formula is C12H8N2OS. The van der Waals surface area contributed by atoms with Crippen molar-refractivity contribution in [3.63, 3.8) is 0 Å². The van der Waals surface area contributed by atoms with Gasteiger partial charge in [0, 0.05) is 6.07 Å². The molecule has 0 radical (unpaired) electrons. The monoisotopic (exact) mass is 228 g/mol. The molecule has 3 aromatic rings. The van der Waals surface area contributed by atoms with Crippen LogP contribution in [-0.4, -0.2) is 15.1 Å². The van der Waals surface area contributed by atoms with Gasteiger partial charge >= 0.3 is 0 Å². The Morgan fingerprint density at radius 3 is 2.88 bits per heavy atom. The summed E-state index contributed by atoms with van der Waals surface area (Å²) < 4.78 is 0. The van der Waals surface area contributed by atoms with Gasteiger partial charge in [0.05, 0.1) is 27.8 Å². The van der Waals surface area contributed by atoms with Gasteiger partial charge in [-0.05, 0) is 23.6 Å². The molecule has 0 aliphatic rings. The fraction of sp³-hybridized carbons (Fsp3) is 0. The second kappa shape index (κ2) is 3.57. The summed E-state index contributed by atoms with van der Waals surface area (Å²) in [6.45, 7) is 0. The molecule has 0 spiro atoms. The first-order chi connectivity index (χ1) is 7.83. The molecule has 0 saturated heterocycles. The molecule has 0 fully saturated rings. The molecule has 0 unspecified atom stereocenters. The zero-order valence-electron chi connectivity index (χ0n) is 8.29. The molecule has 0 aliphatic carbocycles. The van der Waals surface area contributed by atoms with E-state index in [0.717, 1.165) is 16.1 Å². The summed E-state index contributed by atoms with van der Waals surface area (Å²) in [4.78, 5) is 9.86. The number of hydrogen-bond acceptors (Lipinski definition) is 4. The second-order valence-electron chi connectivity index (χ2n) is 3.41. The molecule has 2 heterocycles. The Labute approximate surface area is 96.0 Å². The van der Waals surface area contributed by atoms with E-state index in [0.29, 0.717) is 5.52 Å². The maximum absolute atomic E-state index is 9.39. The van der Waals surface area contributed by atoms with Gasteiger partial charge in [0.2, 0.25) is 0 Å². The maximum atomic E-state index is 9.39. The number of fused-ring (bicyclic) bond motifs is 1. The number of hydrogen-bond donors (Lipinski definition) is 1. The van der Waals surface area contributed by atoms with Crippen molar-refractivity contribution in [2.75, 3.05) is 0 Å². The van der Waals surface area contributed by atoms with Gasteiger partial charge in [-0.1, -0.05) is 6.07 Å². The topological polar surface area (TPSA) is 46.0 Å². The van der Waals surface area contributed by atoms with E-state index in [2.05, 4.69) is 9.97 Å². The van der Waals surface area contributed by atoms with Crippen molar-refractivity contribution in [1.29, 1.82) is 0 Å². The van der Waals surface area contributed by atoms with Crippen LogP contribution in [0.3, 0.4) is 0 Å². The first-order valence-corrected chi connectivity index (χ1v) is 5.70. The highest BCUT2D eigenvalue weighted by molar-refractivity contribution is 7.13. The molecule has 3 nitrogen and oxygen atoms in total. The Bertz CT molecular complexity index is 635. The Hall–Kier alpha value is -1.94. The maximum Gasteiger partial charge on any atom is 0.117 e. The van der Waals surface area contributed by atoms with Crippen molar-refractivity contribution in [2.24, 2.45) is 0 Å². The molecule has 1 aromatic carbocycles. The van der Waals surface area contributed by atoms with Gasteiger partial charge in [0.15, 0.2) is 0 Å². The average Bonchev–Trinajstić information content (AvgIpc) is 2.81. The van der Waals surface area contributed by atoms with Crippen molar-refractivity contribution >= 4 is 22.4 Å². The van der Waals surface area contributed by atoms with E-state index in [1.54, 1.807) is 35.7 Å². The molecule has 0 saturated carbocycles. The Balaban J connectivity index is 2.22. The van der Waals surface area contributed by atoms with Crippen LogP contribution in [0.4, 0.5) is 0 Å². The largest absolute Gasteiger partial charge is 0.508 e. The molecule has 16 heavy (non-hydrogen) atoms. The number of thiophene rings is 1. The third-order valence-corrected chi connectivity index (χ3v) is 3.19. The summed E-state index contributed by atoms with van der Waals surface area (Å²) in [5.74, 6) is 0.213. The van der Waals surface area contributed by atoms with E-state index < -0.39 is 0 Å². The van der Waals surface area contributed by atoms with E-state index in [9.17, 15) is 5.11 Å². The van der Waals surface area contributed by atoms with Crippen LogP contribution in [0.25, 0.3) is 21.6 Å². The lowest BCUT2D eigenvalue weighted by atomic mass is 10.2. The summed E-state index contributed by atoms with van der Waals surface area (Å²) >= 11 is 1.62. The molecular weight excluding hydrogens is 220 g/mol. The SMILES string of the molecule is Oc1ccc2ncc(-c3cccs3)nc2c1. The molecule has 0 aliphatic heterocycles. The van der Waals surface area contributed by atoms with Crippen LogP contribution in [0.15, 0.2) is 41.9 Å². The van der Waals surface area contributed by atoms with E-state index in [-0.39, 0.29) is 5.75 Å². The van der Waals surface area contributed by atoms with E-state index >= 15 is 0 Å². The van der Waals surface area contributed by atoms with Crippen LogP contribution < -0.4 is 0 Å². The number of phenolic OH excluding ortho intramolecular Hbond substituents is 1. The smallest absolute Gasteiger partial charge is 0.117 e. The van der Waals surface area contributed by atoms with Gasteiger partial charge in [-0.15, -0.1) is 11.3 Å². The lowest BCUT2D eigenvalue weighted by Gasteiger charge is -2.00.